The van der Waals surface area contributed by atoms with Gasteiger partial charge in [0.1, 0.15) is 48.3 Å². The molecule has 0 aliphatic carbocycles. The molecule has 0 unspecified atom stereocenters. The van der Waals surface area contributed by atoms with Gasteiger partial charge in [-0.1, -0.05) is 76.2 Å². The van der Waals surface area contributed by atoms with Crippen LogP contribution in [-0.2, 0) is 51.2 Å². The molecule has 2 aromatic carbocycles. The normalized spacial score (nSPS) is 27.9. The van der Waals surface area contributed by atoms with Crippen molar-refractivity contribution in [3.63, 3.8) is 0 Å². The number of hydrogen-bond acceptors (Lipinski definition) is 9. The van der Waals surface area contributed by atoms with Crippen LogP contribution in [0.1, 0.15) is 90.7 Å². The van der Waals surface area contributed by atoms with Gasteiger partial charge in [-0.25, -0.2) is 0 Å². The molecule has 68 heavy (non-hydrogen) atoms. The summed E-state index contributed by atoms with van der Waals surface area (Å²) in [5.74, 6) is -5.43. The highest BCUT2D eigenvalue weighted by atomic mass is 16.3. The molecule has 366 valence electrons. The van der Waals surface area contributed by atoms with Crippen LogP contribution in [0.5, 0.6) is 0 Å². The minimum Gasteiger partial charge on any atom is -0.391 e. The highest BCUT2D eigenvalue weighted by Gasteiger charge is 2.45. The van der Waals surface area contributed by atoms with E-state index in [0.717, 1.165) is 22.0 Å². The zero-order valence-corrected chi connectivity index (χ0v) is 39.7. The summed E-state index contributed by atoms with van der Waals surface area (Å²) in [5.41, 5.74) is 2.34. The van der Waals surface area contributed by atoms with Crippen molar-refractivity contribution in [1.29, 1.82) is 0 Å². The third-order valence-corrected chi connectivity index (χ3v) is 13.8. The second kappa shape index (κ2) is 21.8. The average Bonchev–Trinajstić information content (AvgIpc) is 4.16. The molecular formula is C50H67N9O9. The second-order valence-electron chi connectivity index (χ2n) is 19.6. The van der Waals surface area contributed by atoms with Crippen LogP contribution in [0.2, 0.25) is 0 Å². The maximum Gasteiger partial charge on any atom is 0.246 e. The number of aliphatic hydroxyl groups is 1. The molecule has 3 aromatic rings. The van der Waals surface area contributed by atoms with E-state index in [1.54, 1.807) is 20.0 Å². The first-order valence-corrected chi connectivity index (χ1v) is 24.2. The molecule has 8 amide bonds. The number of carbonyl (C=O) groups excluding carboxylic acids is 8. The van der Waals surface area contributed by atoms with Crippen molar-refractivity contribution in [2.24, 2.45) is 11.8 Å². The molecule has 4 aliphatic rings. The number of H-pyrrole nitrogens is 1. The number of hydrogen-bond donors (Lipinski definition) is 7. The molecule has 9 atom stereocenters. The number of carbonyl (C=O) groups is 8. The Morgan fingerprint density at radius 2 is 1.03 bits per heavy atom. The summed E-state index contributed by atoms with van der Waals surface area (Å²) in [5, 5.41) is 25.9. The summed E-state index contributed by atoms with van der Waals surface area (Å²) in [4.78, 5) is 123. The molecule has 0 spiro atoms. The molecule has 4 saturated heterocycles. The van der Waals surface area contributed by atoms with Crippen LogP contribution in [0, 0.1) is 11.8 Å². The Morgan fingerprint density at radius 3 is 1.56 bits per heavy atom. The van der Waals surface area contributed by atoms with E-state index in [9.17, 15) is 43.5 Å². The number of nitrogens with one attached hydrogen (secondary N) is 6. The van der Waals surface area contributed by atoms with E-state index < -0.39 is 108 Å². The lowest BCUT2D eigenvalue weighted by Gasteiger charge is -2.34. The van der Waals surface area contributed by atoms with E-state index in [1.165, 1.54) is 21.6 Å². The average molecular weight is 938 g/mol. The molecule has 7 rings (SSSR count). The smallest absolute Gasteiger partial charge is 0.246 e. The first-order valence-electron chi connectivity index (χ1n) is 24.2. The standard InChI is InChI=1S/C50H67N9O9/c1-28(2)24-35-43(61)56-42(30(5)60)47(65)55-41(29(3)4)50(68)59-23-13-20-40(59)46(64)54-37(26-32-27-51-34-17-10-9-16-33(32)34)49(67)58-22-12-19-39(58)45(63)53-36(25-31-14-7-6-8-15-31)48(66)57-21-11-18-38(57)44(62)52-35/h6-10,14-17,27-30,35-42,51,60H,11-13,18-26H2,1-5H3,(H,52,62)(H,53,63)(H,54,64)(H,55,65)(H,56,61)/t30-,35+,36-,37-,38+,39+,40+,41+,42+/m1/s1. The minimum atomic E-state index is -1.54. The number of nitrogens with zero attached hydrogens (tertiary/aromatic N) is 3. The van der Waals surface area contributed by atoms with Gasteiger partial charge in [0.25, 0.3) is 0 Å². The molecule has 4 fully saturated rings. The Kier molecular flexibility index (Phi) is 15.9. The molecule has 1 aromatic heterocycles. The van der Waals surface area contributed by atoms with Crippen molar-refractivity contribution in [2.75, 3.05) is 19.6 Å². The van der Waals surface area contributed by atoms with Crippen molar-refractivity contribution >= 4 is 58.2 Å². The maximum absolute atomic E-state index is 15.0. The molecule has 0 radical (unpaired) electrons. The van der Waals surface area contributed by atoms with Gasteiger partial charge in [-0.2, -0.15) is 0 Å². The highest BCUT2D eigenvalue weighted by Crippen LogP contribution is 2.27. The molecule has 4 aliphatic heterocycles. The number of rotatable bonds is 8. The second-order valence-corrected chi connectivity index (χ2v) is 19.6. The van der Waals surface area contributed by atoms with Gasteiger partial charge in [0, 0.05) is 49.6 Å². The van der Waals surface area contributed by atoms with Crippen LogP contribution in [0.3, 0.4) is 0 Å². The number of aromatic amines is 1. The van der Waals surface area contributed by atoms with Crippen LogP contribution < -0.4 is 26.6 Å². The Bertz CT molecular complexity index is 2350. The van der Waals surface area contributed by atoms with E-state index in [0.29, 0.717) is 25.7 Å². The Balaban J connectivity index is 1.27. The van der Waals surface area contributed by atoms with Crippen molar-refractivity contribution in [2.45, 2.75) is 147 Å². The number of aromatic nitrogens is 1. The predicted octanol–water partition coefficient (Wildman–Crippen LogP) is 1.45. The van der Waals surface area contributed by atoms with Gasteiger partial charge in [0.05, 0.1) is 6.10 Å². The fourth-order valence-corrected chi connectivity index (χ4v) is 10.2. The largest absolute Gasteiger partial charge is 0.391 e. The summed E-state index contributed by atoms with van der Waals surface area (Å²) >= 11 is 0. The van der Waals surface area contributed by atoms with Crippen molar-refractivity contribution < 1.29 is 43.5 Å². The fraction of sp³-hybridized carbons (Fsp3) is 0.560. The molecule has 7 N–H and O–H groups in total. The number of para-hydroxylation sites is 1. The van der Waals surface area contributed by atoms with Gasteiger partial charge in [-0.3, -0.25) is 38.4 Å². The summed E-state index contributed by atoms with van der Waals surface area (Å²) in [6, 6.07) is 7.55. The summed E-state index contributed by atoms with van der Waals surface area (Å²) in [6.07, 6.45) is 2.95. The van der Waals surface area contributed by atoms with Crippen molar-refractivity contribution in [3.8, 4) is 0 Å². The number of aliphatic hydroxyl groups excluding tert-OH is 1. The highest BCUT2D eigenvalue weighted by molar-refractivity contribution is 6.00. The zero-order chi connectivity index (χ0) is 48.8. The van der Waals surface area contributed by atoms with Crippen molar-refractivity contribution in [1.82, 2.24) is 46.3 Å². The summed E-state index contributed by atoms with van der Waals surface area (Å²) in [7, 11) is 0. The molecular weight excluding hydrogens is 871 g/mol. The van der Waals surface area contributed by atoms with E-state index >= 15 is 0 Å². The van der Waals surface area contributed by atoms with Crippen LogP contribution in [0.4, 0.5) is 0 Å². The van der Waals surface area contributed by atoms with E-state index in [2.05, 4.69) is 31.6 Å². The van der Waals surface area contributed by atoms with Crippen LogP contribution in [-0.4, -0.2) is 146 Å². The predicted molar refractivity (Wildman–Crippen MR) is 252 cm³/mol. The van der Waals surface area contributed by atoms with E-state index in [-0.39, 0.29) is 57.7 Å². The monoisotopic (exact) mass is 938 g/mol. The summed E-state index contributed by atoms with van der Waals surface area (Å²) < 4.78 is 0. The van der Waals surface area contributed by atoms with Gasteiger partial charge in [-0.15, -0.1) is 0 Å². The maximum atomic E-state index is 15.0. The number of amides is 8. The topological polar surface area (TPSA) is 242 Å². The molecule has 0 bridgehead atoms. The summed E-state index contributed by atoms with van der Waals surface area (Å²) in [6.45, 7) is 9.12. The zero-order valence-electron chi connectivity index (χ0n) is 39.7. The van der Waals surface area contributed by atoms with Gasteiger partial charge < -0.3 is 51.4 Å². The lowest BCUT2D eigenvalue weighted by molar-refractivity contribution is -0.146. The molecule has 18 nitrogen and oxygen atoms in total. The first-order chi connectivity index (χ1) is 32.5. The Labute approximate surface area is 397 Å². The van der Waals surface area contributed by atoms with Crippen molar-refractivity contribution in [3.05, 3.63) is 71.9 Å². The minimum absolute atomic E-state index is 0.0583. The third kappa shape index (κ3) is 11.2. The van der Waals surface area contributed by atoms with E-state index in [4.69, 9.17) is 0 Å². The van der Waals surface area contributed by atoms with E-state index in [1.807, 2.05) is 68.4 Å². The third-order valence-electron chi connectivity index (χ3n) is 13.8. The van der Waals surface area contributed by atoms with Gasteiger partial charge >= 0.3 is 0 Å². The first kappa shape index (κ1) is 49.6. The fourth-order valence-electron chi connectivity index (χ4n) is 10.2. The Hall–Kier alpha value is -6.30. The van der Waals surface area contributed by atoms with Gasteiger partial charge in [0.2, 0.25) is 47.3 Å². The molecule has 0 saturated carbocycles. The van der Waals surface area contributed by atoms with Crippen LogP contribution in [0.15, 0.2) is 60.8 Å². The van der Waals surface area contributed by atoms with Crippen LogP contribution in [0.25, 0.3) is 10.9 Å². The lowest BCUT2D eigenvalue weighted by atomic mass is 9.99. The molecule has 5 heterocycles. The van der Waals surface area contributed by atoms with Crippen LogP contribution >= 0.6 is 0 Å². The Morgan fingerprint density at radius 1 is 0.544 bits per heavy atom. The quantitative estimate of drug-likeness (QED) is 0.173. The lowest BCUT2D eigenvalue weighted by Crippen LogP contribution is -2.63. The van der Waals surface area contributed by atoms with Gasteiger partial charge in [0.15, 0.2) is 0 Å². The number of fused-ring (bicyclic) bond motifs is 4. The molecule has 18 heteroatoms. The number of benzene rings is 2. The SMILES string of the molecule is CC(C)C[C@@H]1NC(=O)[C@@H]2CCCN2C(=O)[C@@H](Cc2ccccc2)NC(=O)[C@@H]2CCCN2C(=O)[C@@H](Cc2c[nH]c3ccccc23)NC(=O)[C@@H]2CCCN2C(=O)[C@H](C(C)C)NC(=O)[C@H]([C@@H](C)O)NC1=O. The van der Waals surface area contributed by atoms with Gasteiger partial charge in [-0.05, 0) is 80.9 Å².